The Kier molecular flexibility index (Phi) is 4.80. The standard InChI is InChI=1S/C17H22F2N2O2/c18-12-5-3-6-13(19)16(12)11-8-15(11)21-17(23)20-14-7-2-1-4-10(14)9-22/h3,5-6,10-11,14-15,22H,1-2,4,7-9H2,(H2,20,21,23). The van der Waals surface area contributed by atoms with Crippen molar-refractivity contribution in [2.24, 2.45) is 5.92 Å². The zero-order valence-corrected chi connectivity index (χ0v) is 12.9. The van der Waals surface area contributed by atoms with E-state index < -0.39 is 11.6 Å². The lowest BCUT2D eigenvalue weighted by Crippen LogP contribution is -2.48. The Bertz CT molecular complexity index is 561. The van der Waals surface area contributed by atoms with Gasteiger partial charge in [-0.05, 0) is 31.4 Å². The fraction of sp³-hybridized carbons (Fsp3) is 0.588. The van der Waals surface area contributed by atoms with E-state index in [1.54, 1.807) is 0 Å². The molecule has 0 spiro atoms. The van der Waals surface area contributed by atoms with E-state index in [1.165, 1.54) is 18.2 Å². The van der Waals surface area contributed by atoms with Crippen LogP contribution < -0.4 is 10.6 Å². The highest BCUT2D eigenvalue weighted by Gasteiger charge is 2.43. The lowest BCUT2D eigenvalue weighted by molar-refractivity contribution is 0.153. The Morgan fingerprint density at radius 2 is 1.78 bits per heavy atom. The number of benzene rings is 1. The fourth-order valence-corrected chi connectivity index (χ4v) is 3.53. The quantitative estimate of drug-likeness (QED) is 0.797. The van der Waals surface area contributed by atoms with Crippen molar-refractivity contribution in [2.75, 3.05) is 6.61 Å². The Morgan fingerprint density at radius 1 is 1.13 bits per heavy atom. The second kappa shape index (κ2) is 6.83. The molecular formula is C17H22F2N2O2. The van der Waals surface area contributed by atoms with Crippen LogP contribution in [-0.2, 0) is 0 Å². The molecular weight excluding hydrogens is 302 g/mol. The summed E-state index contributed by atoms with van der Waals surface area (Å²) in [7, 11) is 0. The van der Waals surface area contributed by atoms with Crippen molar-refractivity contribution in [3.05, 3.63) is 35.4 Å². The molecule has 1 aromatic carbocycles. The summed E-state index contributed by atoms with van der Waals surface area (Å²) in [6, 6.07) is 3.22. The maximum Gasteiger partial charge on any atom is 0.315 e. The third kappa shape index (κ3) is 3.63. The average Bonchev–Trinajstić information content (AvgIpc) is 3.26. The topological polar surface area (TPSA) is 61.4 Å². The first-order chi connectivity index (χ1) is 11.1. The highest BCUT2D eigenvalue weighted by Crippen LogP contribution is 2.43. The predicted molar refractivity (Wildman–Crippen MR) is 82.0 cm³/mol. The van der Waals surface area contributed by atoms with E-state index in [0.717, 1.165) is 25.7 Å². The molecule has 0 saturated heterocycles. The van der Waals surface area contributed by atoms with Gasteiger partial charge in [0.1, 0.15) is 11.6 Å². The van der Waals surface area contributed by atoms with Crippen LogP contribution in [0.3, 0.4) is 0 Å². The molecule has 126 valence electrons. The van der Waals surface area contributed by atoms with E-state index in [2.05, 4.69) is 10.6 Å². The molecule has 2 saturated carbocycles. The predicted octanol–water partition coefficient (Wildman–Crippen LogP) is 2.67. The van der Waals surface area contributed by atoms with E-state index >= 15 is 0 Å². The summed E-state index contributed by atoms with van der Waals surface area (Å²) in [6.45, 7) is 0.0669. The normalized spacial score (nSPS) is 29.9. The van der Waals surface area contributed by atoms with Crippen molar-refractivity contribution in [2.45, 2.75) is 50.1 Å². The number of aliphatic hydroxyl groups is 1. The number of amides is 2. The number of carbonyl (C=O) groups excluding carboxylic acids is 1. The zero-order valence-electron chi connectivity index (χ0n) is 12.9. The summed E-state index contributed by atoms with van der Waals surface area (Å²) in [6.07, 6.45) is 4.41. The SMILES string of the molecule is O=C(NC1CCCCC1CO)NC1CC1c1c(F)cccc1F. The monoisotopic (exact) mass is 324 g/mol. The van der Waals surface area contributed by atoms with Crippen molar-refractivity contribution < 1.29 is 18.7 Å². The molecule has 0 radical (unpaired) electrons. The molecule has 0 bridgehead atoms. The Balaban J connectivity index is 1.54. The van der Waals surface area contributed by atoms with Gasteiger partial charge in [-0.25, -0.2) is 13.6 Å². The number of hydrogen-bond acceptors (Lipinski definition) is 2. The van der Waals surface area contributed by atoms with Crippen LogP contribution in [0.15, 0.2) is 18.2 Å². The number of hydrogen-bond donors (Lipinski definition) is 3. The summed E-state index contributed by atoms with van der Waals surface area (Å²) < 4.78 is 27.5. The molecule has 23 heavy (non-hydrogen) atoms. The van der Waals surface area contributed by atoms with Gasteiger partial charge < -0.3 is 15.7 Å². The molecule has 0 aromatic heterocycles. The number of rotatable bonds is 4. The Hall–Kier alpha value is -1.69. The summed E-state index contributed by atoms with van der Waals surface area (Å²) in [5.74, 6) is -1.34. The fourth-order valence-electron chi connectivity index (χ4n) is 3.53. The van der Waals surface area contributed by atoms with E-state index in [-0.39, 0.29) is 42.1 Å². The molecule has 6 heteroatoms. The summed E-state index contributed by atoms with van der Waals surface area (Å²) in [4.78, 5) is 12.1. The maximum atomic E-state index is 13.7. The third-order valence-electron chi connectivity index (χ3n) is 4.94. The summed E-state index contributed by atoms with van der Waals surface area (Å²) >= 11 is 0. The number of aliphatic hydroxyl groups excluding tert-OH is 1. The van der Waals surface area contributed by atoms with E-state index in [1.807, 2.05) is 0 Å². The highest BCUT2D eigenvalue weighted by molar-refractivity contribution is 5.75. The maximum absolute atomic E-state index is 13.7. The minimum absolute atomic E-state index is 0.0313. The van der Waals surface area contributed by atoms with E-state index in [0.29, 0.717) is 6.42 Å². The average molecular weight is 324 g/mol. The van der Waals surface area contributed by atoms with Crippen molar-refractivity contribution in [1.82, 2.24) is 10.6 Å². The molecule has 2 aliphatic carbocycles. The minimum atomic E-state index is -0.563. The van der Waals surface area contributed by atoms with Crippen molar-refractivity contribution in [3.63, 3.8) is 0 Å². The van der Waals surface area contributed by atoms with Crippen LogP contribution in [0.4, 0.5) is 13.6 Å². The van der Waals surface area contributed by atoms with Gasteiger partial charge in [-0.3, -0.25) is 0 Å². The second-order valence-corrected chi connectivity index (χ2v) is 6.54. The molecule has 4 unspecified atom stereocenters. The van der Waals surface area contributed by atoms with Gasteiger partial charge >= 0.3 is 6.03 Å². The van der Waals surface area contributed by atoms with Gasteiger partial charge in [0.25, 0.3) is 0 Å². The minimum Gasteiger partial charge on any atom is -0.396 e. The summed E-state index contributed by atoms with van der Waals surface area (Å²) in [5.41, 5.74) is 0.0590. The second-order valence-electron chi connectivity index (χ2n) is 6.54. The van der Waals surface area contributed by atoms with Crippen molar-refractivity contribution in [3.8, 4) is 0 Å². The number of nitrogens with one attached hydrogen (secondary N) is 2. The lowest BCUT2D eigenvalue weighted by Gasteiger charge is -2.30. The van der Waals surface area contributed by atoms with Crippen LogP contribution in [0.2, 0.25) is 0 Å². The van der Waals surface area contributed by atoms with Crippen LogP contribution in [0.1, 0.15) is 43.6 Å². The first-order valence-corrected chi connectivity index (χ1v) is 8.22. The van der Waals surface area contributed by atoms with Crippen LogP contribution in [-0.4, -0.2) is 29.8 Å². The first kappa shape index (κ1) is 16.2. The van der Waals surface area contributed by atoms with E-state index in [9.17, 15) is 18.7 Å². The third-order valence-corrected chi connectivity index (χ3v) is 4.94. The Labute approximate surface area is 134 Å². The molecule has 2 fully saturated rings. The molecule has 2 amide bonds. The molecule has 2 aliphatic rings. The molecule has 0 heterocycles. The molecule has 0 aliphatic heterocycles. The molecule has 3 rings (SSSR count). The zero-order chi connectivity index (χ0) is 16.4. The van der Waals surface area contributed by atoms with Gasteiger partial charge in [0.05, 0.1) is 0 Å². The number of urea groups is 1. The lowest BCUT2D eigenvalue weighted by atomic mass is 9.85. The smallest absolute Gasteiger partial charge is 0.315 e. The van der Waals surface area contributed by atoms with Crippen LogP contribution in [0.25, 0.3) is 0 Å². The number of carbonyl (C=O) groups is 1. The van der Waals surface area contributed by atoms with Gasteiger partial charge in [-0.2, -0.15) is 0 Å². The van der Waals surface area contributed by atoms with Gasteiger partial charge in [0.2, 0.25) is 0 Å². The van der Waals surface area contributed by atoms with Crippen LogP contribution >= 0.6 is 0 Å². The molecule has 4 atom stereocenters. The van der Waals surface area contributed by atoms with Crippen LogP contribution in [0.5, 0.6) is 0 Å². The van der Waals surface area contributed by atoms with Gasteiger partial charge in [-0.15, -0.1) is 0 Å². The Morgan fingerprint density at radius 3 is 2.48 bits per heavy atom. The largest absolute Gasteiger partial charge is 0.396 e. The molecule has 1 aromatic rings. The highest BCUT2D eigenvalue weighted by atomic mass is 19.1. The van der Waals surface area contributed by atoms with Gasteiger partial charge in [0, 0.05) is 36.1 Å². The van der Waals surface area contributed by atoms with E-state index in [4.69, 9.17) is 0 Å². The first-order valence-electron chi connectivity index (χ1n) is 8.22. The van der Waals surface area contributed by atoms with Crippen LogP contribution in [0, 0.1) is 17.6 Å². The van der Waals surface area contributed by atoms with Crippen molar-refractivity contribution >= 4 is 6.03 Å². The molecule has 4 nitrogen and oxygen atoms in total. The molecule has 3 N–H and O–H groups in total. The van der Waals surface area contributed by atoms with Gasteiger partial charge in [-0.1, -0.05) is 18.9 Å². The number of halogens is 2. The summed E-state index contributed by atoms with van der Waals surface area (Å²) in [5, 5.41) is 15.0. The van der Waals surface area contributed by atoms with Crippen molar-refractivity contribution in [1.29, 1.82) is 0 Å². The van der Waals surface area contributed by atoms with Gasteiger partial charge in [0.15, 0.2) is 0 Å².